The van der Waals surface area contributed by atoms with Gasteiger partial charge in [0, 0.05) is 11.6 Å². The summed E-state index contributed by atoms with van der Waals surface area (Å²) in [5.74, 6) is 0. The third-order valence-corrected chi connectivity index (χ3v) is 2.97. The highest BCUT2D eigenvalue weighted by molar-refractivity contribution is 5.69. The Morgan fingerprint density at radius 1 is 1.20 bits per heavy atom. The number of aromatic nitrogens is 2. The van der Waals surface area contributed by atoms with E-state index in [9.17, 15) is 15.4 Å². The van der Waals surface area contributed by atoms with Crippen LogP contribution in [0.1, 0.15) is 5.69 Å². The van der Waals surface area contributed by atoms with Gasteiger partial charge in [0.1, 0.15) is 17.4 Å². The van der Waals surface area contributed by atoms with Crippen LogP contribution in [-0.2, 0) is 0 Å². The molecule has 6 nitrogen and oxygen atoms in total. The predicted octanol–water partition coefficient (Wildman–Crippen LogP) is 2.78. The molecule has 0 unspecified atom stereocenters. The molecule has 96 valence electrons. The number of pyridine rings is 1. The zero-order chi connectivity index (χ0) is 14.1. The van der Waals surface area contributed by atoms with Crippen LogP contribution in [0.2, 0.25) is 0 Å². The summed E-state index contributed by atoms with van der Waals surface area (Å²) in [6.07, 6.45) is 1.31. The molecule has 2 heterocycles. The molecule has 20 heavy (non-hydrogen) atoms. The van der Waals surface area contributed by atoms with E-state index in [2.05, 4.69) is 11.1 Å². The summed E-state index contributed by atoms with van der Waals surface area (Å²) in [4.78, 5) is 14.7. The van der Waals surface area contributed by atoms with Crippen molar-refractivity contribution in [2.45, 2.75) is 0 Å². The molecule has 0 atom stereocenters. The minimum absolute atomic E-state index is 0.0778. The molecule has 0 saturated carbocycles. The van der Waals surface area contributed by atoms with Gasteiger partial charge in [-0.25, -0.2) is 4.98 Å². The Morgan fingerprint density at radius 2 is 1.95 bits per heavy atom. The Kier molecular flexibility index (Phi) is 2.66. The van der Waals surface area contributed by atoms with E-state index in [0.717, 1.165) is 5.56 Å². The highest BCUT2D eigenvalue weighted by Crippen LogP contribution is 2.25. The first kappa shape index (κ1) is 11.9. The van der Waals surface area contributed by atoms with Crippen LogP contribution >= 0.6 is 0 Å². The Labute approximate surface area is 113 Å². The lowest BCUT2D eigenvalue weighted by molar-refractivity contribution is -0.385. The van der Waals surface area contributed by atoms with Gasteiger partial charge in [0.25, 0.3) is 5.69 Å². The molecule has 3 aromatic rings. The first-order valence-corrected chi connectivity index (χ1v) is 5.83. The largest absolute Gasteiger partial charge is 0.286 e. The number of hydrogen-bond donors (Lipinski definition) is 0. The van der Waals surface area contributed by atoms with Crippen molar-refractivity contribution < 1.29 is 4.92 Å². The van der Waals surface area contributed by atoms with Crippen molar-refractivity contribution in [3.63, 3.8) is 0 Å². The van der Waals surface area contributed by atoms with Gasteiger partial charge >= 0.3 is 0 Å². The van der Waals surface area contributed by atoms with E-state index in [-0.39, 0.29) is 11.4 Å². The van der Waals surface area contributed by atoms with Crippen LogP contribution in [0, 0.1) is 21.4 Å². The number of imidazole rings is 1. The molecule has 0 spiro atoms. The monoisotopic (exact) mass is 264 g/mol. The zero-order valence-corrected chi connectivity index (χ0v) is 10.2. The number of fused-ring (bicyclic) bond motifs is 1. The van der Waals surface area contributed by atoms with E-state index in [1.165, 1.54) is 22.7 Å². The van der Waals surface area contributed by atoms with Crippen molar-refractivity contribution in [3.8, 4) is 17.3 Å². The molecule has 0 radical (unpaired) electrons. The minimum Gasteiger partial charge on any atom is -0.284 e. The van der Waals surface area contributed by atoms with Crippen LogP contribution in [0.25, 0.3) is 16.9 Å². The van der Waals surface area contributed by atoms with Crippen molar-refractivity contribution in [1.29, 1.82) is 5.26 Å². The molecule has 3 rings (SSSR count). The maximum atomic E-state index is 10.8. The molecule has 0 fully saturated rings. The van der Waals surface area contributed by atoms with E-state index in [4.69, 9.17) is 0 Å². The fraction of sp³-hybridized carbons (Fsp3) is 0. The molecule has 0 N–H and O–H groups in total. The molecule has 2 aromatic heterocycles. The van der Waals surface area contributed by atoms with Crippen LogP contribution in [-0.4, -0.2) is 14.3 Å². The van der Waals surface area contributed by atoms with E-state index in [1.807, 2.05) is 30.3 Å². The van der Waals surface area contributed by atoms with E-state index < -0.39 is 4.92 Å². The third-order valence-electron chi connectivity index (χ3n) is 2.97. The maximum absolute atomic E-state index is 10.8. The van der Waals surface area contributed by atoms with Crippen molar-refractivity contribution >= 4 is 11.3 Å². The summed E-state index contributed by atoms with van der Waals surface area (Å²) < 4.78 is 1.44. The van der Waals surface area contributed by atoms with E-state index in [1.54, 1.807) is 0 Å². The number of hydrogen-bond acceptors (Lipinski definition) is 4. The van der Waals surface area contributed by atoms with Crippen molar-refractivity contribution in [3.05, 3.63) is 64.5 Å². The van der Waals surface area contributed by atoms with Crippen molar-refractivity contribution in [1.82, 2.24) is 9.38 Å². The number of nitrogens with zero attached hydrogens (tertiary/aromatic N) is 4. The normalized spacial score (nSPS) is 10.3. The van der Waals surface area contributed by atoms with Crippen LogP contribution in [0.3, 0.4) is 0 Å². The van der Waals surface area contributed by atoms with Crippen LogP contribution in [0.5, 0.6) is 0 Å². The van der Waals surface area contributed by atoms with Gasteiger partial charge in [-0.1, -0.05) is 30.3 Å². The fourth-order valence-corrected chi connectivity index (χ4v) is 2.05. The van der Waals surface area contributed by atoms with Crippen LogP contribution in [0.15, 0.2) is 48.7 Å². The lowest BCUT2D eigenvalue weighted by Crippen LogP contribution is -1.93. The highest BCUT2D eigenvalue weighted by atomic mass is 16.6. The summed E-state index contributed by atoms with van der Waals surface area (Å²) in [7, 11) is 0. The van der Waals surface area contributed by atoms with Crippen molar-refractivity contribution in [2.24, 2.45) is 0 Å². The van der Waals surface area contributed by atoms with Gasteiger partial charge in [0.05, 0.1) is 11.1 Å². The molecule has 0 amide bonds. The second kappa shape index (κ2) is 4.48. The number of nitriles is 1. The Balaban J connectivity index is 2.30. The van der Waals surface area contributed by atoms with E-state index in [0.29, 0.717) is 11.3 Å². The van der Waals surface area contributed by atoms with E-state index >= 15 is 0 Å². The molecule has 0 aliphatic carbocycles. The highest BCUT2D eigenvalue weighted by Gasteiger charge is 2.16. The number of benzene rings is 1. The quantitative estimate of drug-likeness (QED) is 0.526. The molecular formula is C14H8N4O2. The summed E-state index contributed by atoms with van der Waals surface area (Å²) in [5.41, 5.74) is 2.04. The predicted molar refractivity (Wildman–Crippen MR) is 72.0 cm³/mol. The first-order chi connectivity index (χ1) is 9.70. The van der Waals surface area contributed by atoms with Gasteiger partial charge < -0.3 is 0 Å². The Hall–Kier alpha value is -3.20. The maximum Gasteiger partial charge on any atom is 0.286 e. The lowest BCUT2D eigenvalue weighted by atomic mass is 10.1. The zero-order valence-electron chi connectivity index (χ0n) is 10.2. The molecule has 0 aliphatic rings. The lowest BCUT2D eigenvalue weighted by Gasteiger charge is -1.97. The van der Waals surface area contributed by atoms with Gasteiger partial charge in [-0.3, -0.25) is 14.5 Å². The summed E-state index contributed by atoms with van der Waals surface area (Å²) in [6, 6.07) is 14.2. The van der Waals surface area contributed by atoms with Gasteiger partial charge in [0.2, 0.25) is 0 Å². The SMILES string of the molecule is N#Cc1c(-c2ccccc2)nc2ccc([N+](=O)[O-])cn12. The standard InChI is InChI=1S/C14H8N4O2/c15-8-12-14(10-4-2-1-3-5-10)16-13-7-6-11(18(19)20)9-17(12)13/h1-7,9H. The number of nitro groups is 1. The first-order valence-electron chi connectivity index (χ1n) is 5.83. The molecule has 0 saturated heterocycles. The Morgan fingerprint density at radius 3 is 2.60 bits per heavy atom. The fourth-order valence-electron chi connectivity index (χ4n) is 2.05. The molecule has 0 bridgehead atoms. The van der Waals surface area contributed by atoms with Crippen LogP contribution < -0.4 is 0 Å². The van der Waals surface area contributed by atoms with Crippen LogP contribution in [0.4, 0.5) is 5.69 Å². The second-order valence-electron chi connectivity index (χ2n) is 4.16. The van der Waals surface area contributed by atoms with Crippen molar-refractivity contribution in [2.75, 3.05) is 0 Å². The average Bonchev–Trinajstić information content (AvgIpc) is 2.85. The number of rotatable bonds is 2. The van der Waals surface area contributed by atoms with Gasteiger partial charge in [-0.15, -0.1) is 0 Å². The molecule has 6 heteroatoms. The second-order valence-corrected chi connectivity index (χ2v) is 4.16. The smallest absolute Gasteiger partial charge is 0.284 e. The summed E-state index contributed by atoms with van der Waals surface area (Å²) in [6.45, 7) is 0. The topological polar surface area (TPSA) is 84.2 Å². The summed E-state index contributed by atoms with van der Waals surface area (Å²) >= 11 is 0. The van der Waals surface area contributed by atoms with Gasteiger partial charge in [-0.05, 0) is 6.07 Å². The third kappa shape index (κ3) is 1.78. The molecular weight excluding hydrogens is 256 g/mol. The summed E-state index contributed by atoms with van der Waals surface area (Å²) in [5, 5.41) is 20.1. The molecule has 1 aromatic carbocycles. The average molecular weight is 264 g/mol. The van der Waals surface area contributed by atoms with Gasteiger partial charge in [0.15, 0.2) is 5.69 Å². The Bertz CT molecular complexity index is 847. The van der Waals surface area contributed by atoms with Gasteiger partial charge in [-0.2, -0.15) is 5.26 Å². The molecule has 0 aliphatic heterocycles. The minimum atomic E-state index is -0.497.